The molecule has 0 bridgehead atoms. The topological polar surface area (TPSA) is 41.1 Å². The zero-order chi connectivity index (χ0) is 12.8. The molecule has 0 aromatic heterocycles. The average molecular weight is 259 g/mol. The summed E-state index contributed by atoms with van der Waals surface area (Å²) in [4.78, 5) is 11.4. The Morgan fingerprint density at radius 3 is 2.88 bits per heavy atom. The summed E-state index contributed by atoms with van der Waals surface area (Å²) >= 11 is 5.80. The maximum Gasteiger partial charge on any atom is 0.236 e. The minimum atomic E-state index is -0.448. The molecule has 1 unspecified atom stereocenters. The van der Waals surface area contributed by atoms with Crippen LogP contribution in [0.15, 0.2) is 18.2 Å². The Morgan fingerprint density at radius 1 is 1.53 bits per heavy atom. The number of amides is 1. The molecule has 3 nitrogen and oxygen atoms in total. The van der Waals surface area contributed by atoms with E-state index in [4.69, 9.17) is 11.6 Å². The van der Waals surface area contributed by atoms with Crippen LogP contribution in [-0.2, 0) is 11.3 Å². The van der Waals surface area contributed by atoms with Gasteiger partial charge in [-0.25, -0.2) is 4.39 Å². The van der Waals surface area contributed by atoms with Crippen molar-refractivity contribution in [3.63, 3.8) is 0 Å². The normalized spacial score (nSPS) is 12.2. The molecule has 0 saturated heterocycles. The van der Waals surface area contributed by atoms with Gasteiger partial charge in [-0.2, -0.15) is 0 Å². The SMILES string of the molecule is CCNC(=O)C(C)NCc1cccc(F)c1Cl. The number of nitrogens with one attached hydrogen (secondary N) is 2. The Kier molecular flexibility index (Phi) is 5.38. The molecule has 1 rings (SSSR count). The summed E-state index contributed by atoms with van der Waals surface area (Å²) in [6.07, 6.45) is 0. The molecule has 0 aliphatic carbocycles. The summed E-state index contributed by atoms with van der Waals surface area (Å²) in [6, 6.07) is 4.28. The zero-order valence-electron chi connectivity index (χ0n) is 9.89. The maximum atomic E-state index is 13.1. The largest absolute Gasteiger partial charge is 0.355 e. The van der Waals surface area contributed by atoms with E-state index in [9.17, 15) is 9.18 Å². The first kappa shape index (κ1) is 13.9. The van der Waals surface area contributed by atoms with Crippen molar-refractivity contribution in [2.75, 3.05) is 6.54 Å². The highest BCUT2D eigenvalue weighted by Gasteiger charge is 2.12. The van der Waals surface area contributed by atoms with Gasteiger partial charge in [0.2, 0.25) is 5.91 Å². The highest BCUT2D eigenvalue weighted by molar-refractivity contribution is 6.31. The quantitative estimate of drug-likeness (QED) is 0.849. The van der Waals surface area contributed by atoms with Crippen LogP contribution in [-0.4, -0.2) is 18.5 Å². The van der Waals surface area contributed by atoms with Gasteiger partial charge in [0.15, 0.2) is 0 Å². The average Bonchev–Trinajstić information content (AvgIpc) is 2.31. The van der Waals surface area contributed by atoms with E-state index in [0.29, 0.717) is 18.7 Å². The van der Waals surface area contributed by atoms with Crippen LogP contribution in [0.4, 0.5) is 4.39 Å². The fourth-order valence-electron chi connectivity index (χ4n) is 1.37. The number of hydrogen-bond donors (Lipinski definition) is 2. The van der Waals surface area contributed by atoms with Crippen molar-refractivity contribution >= 4 is 17.5 Å². The Hall–Kier alpha value is -1.13. The molecule has 5 heteroatoms. The molecule has 1 atom stereocenters. The summed E-state index contributed by atoms with van der Waals surface area (Å²) < 4.78 is 13.1. The molecule has 1 aromatic carbocycles. The van der Waals surface area contributed by atoms with E-state index in [1.54, 1.807) is 19.1 Å². The fourth-order valence-corrected chi connectivity index (χ4v) is 1.56. The van der Waals surface area contributed by atoms with Crippen LogP contribution < -0.4 is 10.6 Å². The Bertz CT molecular complexity index is 398. The molecule has 0 aliphatic heterocycles. The third-order valence-electron chi connectivity index (χ3n) is 2.37. The van der Waals surface area contributed by atoms with E-state index in [0.717, 1.165) is 0 Å². The second-order valence-electron chi connectivity index (χ2n) is 3.71. The highest BCUT2D eigenvalue weighted by Crippen LogP contribution is 2.19. The van der Waals surface area contributed by atoms with Crippen molar-refractivity contribution in [2.45, 2.75) is 26.4 Å². The van der Waals surface area contributed by atoms with Crippen molar-refractivity contribution < 1.29 is 9.18 Å². The lowest BCUT2D eigenvalue weighted by molar-refractivity contribution is -0.122. The fraction of sp³-hybridized carbons (Fsp3) is 0.417. The number of carbonyl (C=O) groups excluding carboxylic acids is 1. The molecule has 1 aromatic rings. The van der Waals surface area contributed by atoms with Gasteiger partial charge in [0, 0.05) is 13.1 Å². The molecule has 2 N–H and O–H groups in total. The number of hydrogen-bond acceptors (Lipinski definition) is 2. The summed E-state index contributed by atoms with van der Waals surface area (Å²) in [5, 5.41) is 5.79. The zero-order valence-corrected chi connectivity index (χ0v) is 10.6. The summed E-state index contributed by atoms with van der Waals surface area (Å²) in [5.74, 6) is -0.531. The summed E-state index contributed by atoms with van der Waals surface area (Å²) in [5.41, 5.74) is 0.641. The highest BCUT2D eigenvalue weighted by atomic mass is 35.5. The monoisotopic (exact) mass is 258 g/mol. The molecule has 0 aliphatic rings. The first-order chi connectivity index (χ1) is 8.06. The standard InChI is InChI=1S/C12H16ClFN2O/c1-3-15-12(17)8(2)16-7-9-5-4-6-10(14)11(9)13/h4-6,8,16H,3,7H2,1-2H3,(H,15,17). The van der Waals surface area contributed by atoms with E-state index >= 15 is 0 Å². The van der Waals surface area contributed by atoms with Gasteiger partial charge in [0.25, 0.3) is 0 Å². The van der Waals surface area contributed by atoms with Crippen molar-refractivity contribution in [3.05, 3.63) is 34.6 Å². The van der Waals surface area contributed by atoms with Crippen molar-refractivity contribution in [1.82, 2.24) is 10.6 Å². The van der Waals surface area contributed by atoms with Gasteiger partial charge in [-0.1, -0.05) is 23.7 Å². The van der Waals surface area contributed by atoms with Gasteiger partial charge in [-0.05, 0) is 25.5 Å². The van der Waals surface area contributed by atoms with Gasteiger partial charge < -0.3 is 10.6 Å². The van der Waals surface area contributed by atoms with Crippen molar-refractivity contribution in [1.29, 1.82) is 0 Å². The summed E-state index contributed by atoms with van der Waals surface area (Å²) in [6.45, 7) is 4.55. The number of halogens is 2. The van der Waals surface area contributed by atoms with Crippen LogP contribution >= 0.6 is 11.6 Å². The van der Waals surface area contributed by atoms with Crippen LogP contribution in [0.2, 0.25) is 5.02 Å². The molecule has 0 saturated carbocycles. The molecular formula is C12H16ClFN2O. The molecule has 0 spiro atoms. The third-order valence-corrected chi connectivity index (χ3v) is 2.80. The smallest absolute Gasteiger partial charge is 0.236 e. The van der Waals surface area contributed by atoms with Crippen LogP contribution in [0.1, 0.15) is 19.4 Å². The predicted octanol–water partition coefficient (Wildman–Crippen LogP) is 2.09. The first-order valence-corrected chi connectivity index (χ1v) is 5.88. The lowest BCUT2D eigenvalue weighted by Crippen LogP contribution is -2.41. The lowest BCUT2D eigenvalue weighted by Gasteiger charge is -2.14. The minimum Gasteiger partial charge on any atom is -0.355 e. The second-order valence-corrected chi connectivity index (χ2v) is 4.09. The van der Waals surface area contributed by atoms with Gasteiger partial charge in [-0.15, -0.1) is 0 Å². The molecule has 0 radical (unpaired) electrons. The van der Waals surface area contributed by atoms with Gasteiger partial charge in [0.05, 0.1) is 11.1 Å². The predicted molar refractivity (Wildman–Crippen MR) is 66.4 cm³/mol. The van der Waals surface area contributed by atoms with E-state index in [1.807, 2.05) is 6.92 Å². The second kappa shape index (κ2) is 6.57. The van der Waals surface area contributed by atoms with Crippen LogP contribution in [0.5, 0.6) is 0 Å². The van der Waals surface area contributed by atoms with E-state index < -0.39 is 5.82 Å². The number of benzene rings is 1. The van der Waals surface area contributed by atoms with Crippen molar-refractivity contribution in [2.24, 2.45) is 0 Å². The van der Waals surface area contributed by atoms with E-state index in [-0.39, 0.29) is 17.0 Å². The number of carbonyl (C=O) groups is 1. The van der Waals surface area contributed by atoms with Gasteiger partial charge >= 0.3 is 0 Å². The Labute approximate surface area is 105 Å². The van der Waals surface area contributed by atoms with Crippen LogP contribution in [0.3, 0.4) is 0 Å². The molecule has 1 amide bonds. The molecule has 17 heavy (non-hydrogen) atoms. The molecule has 0 fully saturated rings. The number of rotatable bonds is 5. The van der Waals surface area contributed by atoms with E-state index in [1.165, 1.54) is 6.07 Å². The lowest BCUT2D eigenvalue weighted by atomic mass is 10.2. The molecule has 94 valence electrons. The van der Waals surface area contributed by atoms with Gasteiger partial charge in [-0.3, -0.25) is 4.79 Å². The van der Waals surface area contributed by atoms with Crippen molar-refractivity contribution in [3.8, 4) is 0 Å². The minimum absolute atomic E-state index is 0.0833. The maximum absolute atomic E-state index is 13.1. The number of likely N-dealkylation sites (N-methyl/N-ethyl adjacent to an activating group) is 1. The van der Waals surface area contributed by atoms with Crippen LogP contribution in [0.25, 0.3) is 0 Å². The van der Waals surface area contributed by atoms with Gasteiger partial charge in [0.1, 0.15) is 5.82 Å². The third kappa shape index (κ3) is 3.98. The molecular weight excluding hydrogens is 243 g/mol. The van der Waals surface area contributed by atoms with Crippen LogP contribution in [0, 0.1) is 5.82 Å². The summed E-state index contributed by atoms with van der Waals surface area (Å²) in [7, 11) is 0. The first-order valence-electron chi connectivity index (χ1n) is 5.50. The molecule has 0 heterocycles. The van der Waals surface area contributed by atoms with E-state index in [2.05, 4.69) is 10.6 Å². The Morgan fingerprint density at radius 2 is 2.24 bits per heavy atom. The Balaban J connectivity index is 2.56.